The first kappa shape index (κ1) is 14.4. The van der Waals surface area contributed by atoms with Crippen LogP contribution in [0.4, 0.5) is 0 Å². The Morgan fingerprint density at radius 3 is 1.94 bits per heavy atom. The Kier molecular flexibility index (Phi) is 6.91. The van der Waals surface area contributed by atoms with Crippen LogP contribution in [0.3, 0.4) is 0 Å². The quantitative estimate of drug-likeness (QED) is 0.668. The third-order valence-corrected chi connectivity index (χ3v) is 1.41. The normalized spacial score (nSPS) is 13.0. The van der Waals surface area contributed by atoms with Crippen LogP contribution in [0.15, 0.2) is 30.3 Å². The molecule has 90 valence electrons. The third-order valence-electron chi connectivity index (χ3n) is 1.41. The van der Waals surface area contributed by atoms with Gasteiger partial charge in [-0.05, 0) is 26.0 Å². The van der Waals surface area contributed by atoms with Crippen molar-refractivity contribution < 1.29 is 24.9 Å². The van der Waals surface area contributed by atoms with Crippen LogP contribution in [0, 0.1) is 0 Å². The highest BCUT2D eigenvalue weighted by molar-refractivity contribution is 5.71. The maximum Gasteiger partial charge on any atom is 0.332 e. The minimum Gasteiger partial charge on any atom is -0.479 e. The van der Waals surface area contributed by atoms with Crippen molar-refractivity contribution in [1.82, 2.24) is 0 Å². The van der Waals surface area contributed by atoms with Crippen LogP contribution in [0.25, 0.3) is 0 Å². The SMILES string of the molecule is CC(O)C(=O)O.CC(O)Oc1ccccc1. The first-order chi connectivity index (χ1) is 7.43. The second-order valence-electron chi connectivity index (χ2n) is 3.04. The molecule has 0 aliphatic rings. The summed E-state index contributed by atoms with van der Waals surface area (Å²) < 4.78 is 4.97. The minimum atomic E-state index is -1.23. The predicted molar refractivity (Wildman–Crippen MR) is 58.1 cm³/mol. The van der Waals surface area contributed by atoms with E-state index >= 15 is 0 Å². The number of rotatable bonds is 3. The number of hydrogen-bond acceptors (Lipinski definition) is 4. The number of carboxylic acids is 1. The van der Waals surface area contributed by atoms with Crippen LogP contribution in [0.2, 0.25) is 0 Å². The molecule has 3 N–H and O–H groups in total. The fourth-order valence-electron chi connectivity index (χ4n) is 0.696. The lowest BCUT2D eigenvalue weighted by atomic mass is 10.3. The second-order valence-corrected chi connectivity index (χ2v) is 3.04. The fourth-order valence-corrected chi connectivity index (χ4v) is 0.696. The zero-order chi connectivity index (χ0) is 12.6. The molecule has 0 bridgehead atoms. The zero-order valence-corrected chi connectivity index (χ0v) is 9.20. The van der Waals surface area contributed by atoms with Gasteiger partial charge in [0.15, 0.2) is 6.29 Å². The van der Waals surface area contributed by atoms with E-state index < -0.39 is 18.4 Å². The monoisotopic (exact) mass is 228 g/mol. The van der Waals surface area contributed by atoms with Gasteiger partial charge < -0.3 is 20.1 Å². The largest absolute Gasteiger partial charge is 0.479 e. The average Bonchev–Trinajstić information content (AvgIpc) is 2.19. The van der Waals surface area contributed by atoms with E-state index in [9.17, 15) is 4.79 Å². The van der Waals surface area contributed by atoms with Crippen LogP contribution >= 0.6 is 0 Å². The molecule has 0 spiro atoms. The Labute approximate surface area is 93.9 Å². The Morgan fingerprint density at radius 2 is 1.62 bits per heavy atom. The molecule has 2 atom stereocenters. The molecule has 1 aromatic carbocycles. The number of para-hydroxylation sites is 1. The van der Waals surface area contributed by atoms with E-state index in [1.807, 2.05) is 18.2 Å². The van der Waals surface area contributed by atoms with E-state index in [2.05, 4.69) is 0 Å². The summed E-state index contributed by atoms with van der Waals surface area (Å²) in [4.78, 5) is 9.45. The number of aliphatic hydroxyl groups excluding tert-OH is 2. The van der Waals surface area contributed by atoms with Gasteiger partial charge in [0, 0.05) is 0 Å². The van der Waals surface area contributed by atoms with E-state index in [4.69, 9.17) is 20.1 Å². The van der Waals surface area contributed by atoms with Gasteiger partial charge in [-0.1, -0.05) is 18.2 Å². The zero-order valence-electron chi connectivity index (χ0n) is 9.20. The summed E-state index contributed by atoms with van der Waals surface area (Å²) in [7, 11) is 0. The molecule has 1 aromatic rings. The average molecular weight is 228 g/mol. The summed E-state index contributed by atoms with van der Waals surface area (Å²) in [6.45, 7) is 2.77. The molecule has 16 heavy (non-hydrogen) atoms. The van der Waals surface area contributed by atoms with E-state index in [0.29, 0.717) is 5.75 Å². The van der Waals surface area contributed by atoms with Crippen molar-refractivity contribution >= 4 is 5.97 Å². The molecular weight excluding hydrogens is 212 g/mol. The Bertz CT molecular complexity index is 295. The van der Waals surface area contributed by atoms with E-state index in [1.165, 1.54) is 6.92 Å². The highest BCUT2D eigenvalue weighted by Gasteiger charge is 2.01. The van der Waals surface area contributed by atoms with E-state index in [1.54, 1.807) is 19.1 Å². The summed E-state index contributed by atoms with van der Waals surface area (Å²) in [6, 6.07) is 9.21. The molecule has 0 saturated heterocycles. The van der Waals surface area contributed by atoms with Gasteiger partial charge in [-0.25, -0.2) is 4.79 Å². The second kappa shape index (κ2) is 7.67. The fraction of sp³-hybridized carbons (Fsp3) is 0.364. The van der Waals surface area contributed by atoms with Crippen LogP contribution < -0.4 is 4.74 Å². The minimum absolute atomic E-state index is 0.692. The smallest absolute Gasteiger partial charge is 0.332 e. The molecule has 1 rings (SSSR count). The van der Waals surface area contributed by atoms with Crippen molar-refractivity contribution in [3.63, 3.8) is 0 Å². The molecule has 2 unspecified atom stereocenters. The molecule has 5 nitrogen and oxygen atoms in total. The number of carbonyl (C=O) groups is 1. The van der Waals surface area contributed by atoms with Gasteiger partial charge in [-0.15, -0.1) is 0 Å². The summed E-state index contributed by atoms with van der Waals surface area (Å²) in [5.41, 5.74) is 0. The van der Waals surface area contributed by atoms with Crippen LogP contribution in [-0.4, -0.2) is 33.7 Å². The molecule has 0 fully saturated rings. The summed E-state index contributed by atoms with van der Waals surface area (Å²) >= 11 is 0. The van der Waals surface area contributed by atoms with Crippen molar-refractivity contribution in [1.29, 1.82) is 0 Å². The molecule has 0 amide bonds. The van der Waals surface area contributed by atoms with Gasteiger partial charge in [0.2, 0.25) is 0 Å². The first-order valence-electron chi connectivity index (χ1n) is 4.74. The number of aliphatic hydroxyl groups is 2. The molecule has 0 radical (unpaired) electrons. The Hall–Kier alpha value is -1.59. The van der Waals surface area contributed by atoms with Crippen LogP contribution in [-0.2, 0) is 4.79 Å². The summed E-state index contributed by atoms with van der Waals surface area (Å²) in [5.74, 6) is -0.493. The first-order valence-corrected chi connectivity index (χ1v) is 4.74. The molecular formula is C11H16O5. The number of hydrogen-bond donors (Lipinski definition) is 3. The molecule has 0 heterocycles. The molecule has 5 heteroatoms. The molecule has 0 aromatic heterocycles. The van der Waals surface area contributed by atoms with Crippen molar-refractivity contribution in [2.75, 3.05) is 0 Å². The Morgan fingerprint density at radius 1 is 1.19 bits per heavy atom. The maximum absolute atomic E-state index is 9.45. The number of benzene rings is 1. The summed E-state index contributed by atoms with van der Waals surface area (Å²) in [6.07, 6.45) is -1.97. The molecule has 0 aliphatic heterocycles. The Balaban J connectivity index is 0.000000325. The molecule has 0 saturated carbocycles. The highest BCUT2D eigenvalue weighted by atomic mass is 16.6. The van der Waals surface area contributed by atoms with Gasteiger partial charge in [-0.2, -0.15) is 0 Å². The highest BCUT2D eigenvalue weighted by Crippen LogP contribution is 2.09. The number of aliphatic carboxylic acids is 1. The van der Waals surface area contributed by atoms with Gasteiger partial charge in [0.05, 0.1) is 0 Å². The van der Waals surface area contributed by atoms with Crippen LogP contribution in [0.5, 0.6) is 5.75 Å². The van der Waals surface area contributed by atoms with Gasteiger partial charge >= 0.3 is 5.97 Å². The maximum atomic E-state index is 9.45. The van der Waals surface area contributed by atoms with E-state index in [-0.39, 0.29) is 0 Å². The van der Waals surface area contributed by atoms with Crippen molar-refractivity contribution in [2.45, 2.75) is 26.2 Å². The van der Waals surface area contributed by atoms with E-state index in [0.717, 1.165) is 0 Å². The number of ether oxygens (including phenoxy) is 1. The summed E-state index contributed by atoms with van der Waals surface area (Å²) in [5, 5.41) is 24.6. The van der Waals surface area contributed by atoms with Crippen LogP contribution in [0.1, 0.15) is 13.8 Å². The third kappa shape index (κ3) is 7.78. The lowest BCUT2D eigenvalue weighted by molar-refractivity contribution is -0.145. The van der Waals surface area contributed by atoms with Crippen molar-refractivity contribution in [3.05, 3.63) is 30.3 Å². The van der Waals surface area contributed by atoms with Gasteiger partial charge in [0.1, 0.15) is 11.9 Å². The van der Waals surface area contributed by atoms with Crippen molar-refractivity contribution in [3.8, 4) is 5.75 Å². The molecule has 0 aliphatic carbocycles. The lowest BCUT2D eigenvalue weighted by Gasteiger charge is -2.06. The lowest BCUT2D eigenvalue weighted by Crippen LogP contribution is -2.13. The predicted octanol–water partition coefficient (Wildman–Crippen LogP) is 0.856. The topological polar surface area (TPSA) is 87.0 Å². The van der Waals surface area contributed by atoms with Crippen molar-refractivity contribution in [2.24, 2.45) is 0 Å². The number of carboxylic acid groups (broad SMARTS) is 1. The van der Waals surface area contributed by atoms with Gasteiger partial charge in [-0.3, -0.25) is 0 Å². The standard InChI is InChI=1S/C8H10O2.C3H6O3/c1-7(9)10-8-5-3-2-4-6-8;1-2(4)3(5)6/h2-7,9H,1H3;2,4H,1H3,(H,5,6). The van der Waals surface area contributed by atoms with Gasteiger partial charge in [0.25, 0.3) is 0 Å².